The van der Waals surface area contributed by atoms with Gasteiger partial charge in [-0.15, -0.1) is 0 Å². The lowest BCUT2D eigenvalue weighted by atomic mass is 9.93. The molecule has 4 rings (SSSR count). The molecule has 0 spiro atoms. The molecule has 1 saturated heterocycles. The molecule has 0 N–H and O–H groups in total. The molecule has 3 heterocycles. The van der Waals surface area contributed by atoms with Gasteiger partial charge in [-0.1, -0.05) is 0 Å². The maximum atomic E-state index is 12.3. The quantitative estimate of drug-likeness (QED) is 0.848. The van der Waals surface area contributed by atoms with Gasteiger partial charge < -0.3 is 4.90 Å². The number of rotatable bonds is 2. The Kier molecular flexibility index (Phi) is 2.94. The Morgan fingerprint density at radius 2 is 2.19 bits per heavy atom. The first-order chi connectivity index (χ1) is 10.2. The topological polar surface area (TPSA) is 51.0 Å². The van der Waals surface area contributed by atoms with Crippen molar-refractivity contribution in [3.8, 4) is 0 Å². The van der Waals surface area contributed by atoms with Gasteiger partial charge in [0.2, 0.25) is 5.91 Å². The molecule has 5 heteroatoms. The molecule has 1 aliphatic carbocycles. The van der Waals surface area contributed by atoms with Crippen LogP contribution in [0.4, 0.5) is 0 Å². The molecule has 21 heavy (non-hydrogen) atoms. The highest BCUT2D eigenvalue weighted by molar-refractivity contribution is 5.82. The molecule has 0 radical (unpaired) electrons. The van der Waals surface area contributed by atoms with Crippen molar-refractivity contribution in [3.05, 3.63) is 24.0 Å². The van der Waals surface area contributed by atoms with E-state index in [4.69, 9.17) is 0 Å². The second kappa shape index (κ2) is 4.83. The van der Waals surface area contributed by atoms with E-state index in [9.17, 15) is 4.79 Å². The van der Waals surface area contributed by atoms with Crippen molar-refractivity contribution >= 4 is 16.9 Å². The van der Waals surface area contributed by atoms with E-state index in [1.807, 2.05) is 17.8 Å². The zero-order chi connectivity index (χ0) is 14.4. The minimum atomic E-state index is 0.311. The van der Waals surface area contributed by atoms with Crippen molar-refractivity contribution in [2.45, 2.75) is 31.6 Å². The van der Waals surface area contributed by atoms with Crippen LogP contribution in [0.3, 0.4) is 0 Å². The van der Waals surface area contributed by atoms with E-state index in [1.165, 1.54) is 0 Å². The smallest absolute Gasteiger partial charge is 0.225 e. The molecule has 1 atom stereocenters. The van der Waals surface area contributed by atoms with Gasteiger partial charge in [0, 0.05) is 43.6 Å². The van der Waals surface area contributed by atoms with Crippen molar-refractivity contribution in [2.24, 2.45) is 13.0 Å². The van der Waals surface area contributed by atoms with E-state index in [1.54, 1.807) is 6.20 Å². The molecule has 0 unspecified atom stereocenters. The van der Waals surface area contributed by atoms with E-state index < -0.39 is 0 Å². The number of carbonyl (C=O) groups excluding carboxylic acids is 1. The molecule has 0 bridgehead atoms. The number of amides is 1. The molecular weight excluding hydrogens is 264 g/mol. The minimum Gasteiger partial charge on any atom is -0.342 e. The number of hydrogen-bond donors (Lipinski definition) is 0. The summed E-state index contributed by atoms with van der Waals surface area (Å²) in [7, 11) is 1.94. The highest BCUT2D eigenvalue weighted by atomic mass is 16.2. The molecule has 2 fully saturated rings. The van der Waals surface area contributed by atoms with Crippen LogP contribution >= 0.6 is 0 Å². The van der Waals surface area contributed by atoms with Crippen LogP contribution in [-0.2, 0) is 11.8 Å². The van der Waals surface area contributed by atoms with Crippen LogP contribution < -0.4 is 0 Å². The standard InChI is InChI=1S/C16H20N4O/c1-19-15-13(5-2-8-17-15)14(18-19)12-4-3-9-20(10-12)16(21)11-6-7-11/h2,5,8,11-12H,3-4,6-7,9-10H2,1H3/t12-/m0/s1. The Labute approximate surface area is 123 Å². The third-order valence-corrected chi connectivity index (χ3v) is 4.67. The number of fused-ring (bicyclic) bond motifs is 1. The maximum Gasteiger partial charge on any atom is 0.225 e. The van der Waals surface area contributed by atoms with Crippen LogP contribution in [0.25, 0.3) is 11.0 Å². The van der Waals surface area contributed by atoms with Gasteiger partial charge in [-0.05, 0) is 37.8 Å². The summed E-state index contributed by atoms with van der Waals surface area (Å²) in [4.78, 5) is 18.8. The fraction of sp³-hybridized carbons (Fsp3) is 0.562. The first-order valence-electron chi connectivity index (χ1n) is 7.80. The molecule has 2 aliphatic rings. The Morgan fingerprint density at radius 3 is 3.00 bits per heavy atom. The molecule has 2 aromatic heterocycles. The number of aromatic nitrogens is 3. The summed E-state index contributed by atoms with van der Waals surface area (Å²) >= 11 is 0. The van der Waals surface area contributed by atoms with Gasteiger partial charge >= 0.3 is 0 Å². The van der Waals surface area contributed by atoms with E-state index in [-0.39, 0.29) is 0 Å². The summed E-state index contributed by atoms with van der Waals surface area (Å²) in [6.45, 7) is 1.73. The normalized spacial score (nSPS) is 22.7. The third-order valence-electron chi connectivity index (χ3n) is 4.67. The van der Waals surface area contributed by atoms with Gasteiger partial charge in [0.1, 0.15) is 0 Å². The fourth-order valence-corrected chi connectivity index (χ4v) is 3.41. The maximum absolute atomic E-state index is 12.3. The monoisotopic (exact) mass is 284 g/mol. The predicted octanol–water partition coefficient (Wildman–Crippen LogP) is 2.08. The van der Waals surface area contributed by atoms with Gasteiger partial charge in [-0.25, -0.2) is 4.98 Å². The summed E-state index contributed by atoms with van der Waals surface area (Å²) in [5, 5.41) is 5.81. The number of hydrogen-bond acceptors (Lipinski definition) is 3. The Bertz CT molecular complexity index is 689. The molecule has 1 saturated carbocycles. The first kappa shape index (κ1) is 12.8. The molecule has 1 aliphatic heterocycles. The van der Waals surface area contributed by atoms with Crippen molar-refractivity contribution in [1.29, 1.82) is 0 Å². The van der Waals surface area contributed by atoms with Crippen LogP contribution in [0.5, 0.6) is 0 Å². The summed E-state index contributed by atoms with van der Waals surface area (Å²) in [6, 6.07) is 4.05. The third kappa shape index (κ3) is 2.20. The summed E-state index contributed by atoms with van der Waals surface area (Å²) in [5.74, 6) is 1.01. The van der Waals surface area contributed by atoms with Crippen molar-refractivity contribution in [3.63, 3.8) is 0 Å². The molecule has 1 amide bonds. The molecular formula is C16H20N4O. The molecule has 110 valence electrons. The van der Waals surface area contributed by atoms with E-state index in [0.29, 0.717) is 17.7 Å². The lowest BCUT2D eigenvalue weighted by Gasteiger charge is -2.32. The van der Waals surface area contributed by atoms with Crippen molar-refractivity contribution in [1.82, 2.24) is 19.7 Å². The van der Waals surface area contributed by atoms with Crippen molar-refractivity contribution < 1.29 is 4.79 Å². The van der Waals surface area contributed by atoms with Gasteiger partial charge in [0.05, 0.1) is 5.69 Å². The highest BCUT2D eigenvalue weighted by Crippen LogP contribution is 2.35. The molecule has 5 nitrogen and oxygen atoms in total. The second-order valence-corrected chi connectivity index (χ2v) is 6.28. The van der Waals surface area contributed by atoms with Crippen LogP contribution in [0.2, 0.25) is 0 Å². The number of likely N-dealkylation sites (tertiary alicyclic amines) is 1. The van der Waals surface area contributed by atoms with E-state index >= 15 is 0 Å². The number of pyridine rings is 1. The fourth-order valence-electron chi connectivity index (χ4n) is 3.41. The molecule has 2 aromatic rings. The average molecular weight is 284 g/mol. The number of nitrogens with zero attached hydrogens (tertiary/aromatic N) is 4. The van der Waals surface area contributed by atoms with Crippen LogP contribution in [0.15, 0.2) is 18.3 Å². The lowest BCUT2D eigenvalue weighted by Crippen LogP contribution is -2.40. The van der Waals surface area contributed by atoms with Crippen LogP contribution in [-0.4, -0.2) is 38.7 Å². The zero-order valence-electron chi connectivity index (χ0n) is 12.3. The summed E-state index contributed by atoms with van der Waals surface area (Å²) < 4.78 is 1.85. The van der Waals surface area contributed by atoms with Gasteiger partial charge in [-0.3, -0.25) is 9.48 Å². The van der Waals surface area contributed by atoms with Gasteiger partial charge in [0.15, 0.2) is 5.65 Å². The lowest BCUT2D eigenvalue weighted by molar-refractivity contribution is -0.133. The predicted molar refractivity (Wildman–Crippen MR) is 79.8 cm³/mol. The minimum absolute atomic E-state index is 0.311. The number of piperidine rings is 1. The Morgan fingerprint density at radius 1 is 1.33 bits per heavy atom. The first-order valence-corrected chi connectivity index (χ1v) is 7.80. The van der Waals surface area contributed by atoms with Crippen LogP contribution in [0, 0.1) is 5.92 Å². The Hall–Kier alpha value is -1.91. The Balaban J connectivity index is 1.63. The number of aryl methyl sites for hydroxylation is 1. The van der Waals surface area contributed by atoms with Crippen LogP contribution in [0.1, 0.15) is 37.3 Å². The summed E-state index contributed by atoms with van der Waals surface area (Å²) in [5.41, 5.74) is 2.03. The largest absolute Gasteiger partial charge is 0.342 e. The van der Waals surface area contributed by atoms with E-state index in [0.717, 1.165) is 55.5 Å². The molecule has 0 aromatic carbocycles. The second-order valence-electron chi connectivity index (χ2n) is 6.28. The van der Waals surface area contributed by atoms with Gasteiger partial charge in [-0.2, -0.15) is 5.10 Å². The van der Waals surface area contributed by atoms with E-state index in [2.05, 4.69) is 21.0 Å². The SMILES string of the molecule is Cn1nc([C@H]2CCCN(C(=O)C3CC3)C2)c2cccnc21. The number of carbonyl (C=O) groups is 1. The summed E-state index contributed by atoms with van der Waals surface area (Å²) in [6.07, 6.45) is 6.14. The van der Waals surface area contributed by atoms with Gasteiger partial charge in [0.25, 0.3) is 0 Å². The van der Waals surface area contributed by atoms with Crippen molar-refractivity contribution in [2.75, 3.05) is 13.1 Å². The highest BCUT2D eigenvalue weighted by Gasteiger charge is 2.36. The average Bonchev–Trinajstić information content (AvgIpc) is 3.32. The zero-order valence-corrected chi connectivity index (χ0v) is 12.3.